The molecule has 0 saturated heterocycles. The second-order valence-corrected chi connectivity index (χ2v) is 7.81. The molecule has 146 valence electrons. The molecule has 3 aromatic rings. The average Bonchev–Trinajstić information content (AvgIpc) is 3.06. The number of amides is 1. The fraction of sp³-hybridized carbons (Fsp3) is 0.211. The van der Waals surface area contributed by atoms with Gasteiger partial charge in [0.2, 0.25) is 11.1 Å². The summed E-state index contributed by atoms with van der Waals surface area (Å²) in [6, 6.07) is 15.2. The smallest absolute Gasteiger partial charge is 0.230 e. The molecule has 1 aromatic heterocycles. The summed E-state index contributed by atoms with van der Waals surface area (Å²) in [7, 11) is 0. The van der Waals surface area contributed by atoms with Crippen molar-refractivity contribution in [3.63, 3.8) is 0 Å². The van der Waals surface area contributed by atoms with E-state index in [1.807, 2.05) is 18.2 Å². The van der Waals surface area contributed by atoms with Crippen LogP contribution in [-0.2, 0) is 11.2 Å². The molecule has 0 fully saturated rings. The highest BCUT2D eigenvalue weighted by Gasteiger charge is 2.16. The molecule has 0 aliphatic heterocycles. The van der Waals surface area contributed by atoms with Gasteiger partial charge < -0.3 is 11.2 Å². The molecule has 0 unspecified atom stereocenters. The van der Waals surface area contributed by atoms with Crippen LogP contribution in [-0.4, -0.2) is 33.1 Å². The third kappa shape index (κ3) is 5.41. The van der Waals surface area contributed by atoms with E-state index in [1.165, 1.54) is 22.0 Å². The van der Waals surface area contributed by atoms with Gasteiger partial charge in [-0.1, -0.05) is 65.3 Å². The Morgan fingerprint density at radius 3 is 2.71 bits per heavy atom. The van der Waals surface area contributed by atoms with E-state index in [0.717, 1.165) is 12.8 Å². The number of hydrogen-bond acceptors (Lipinski definition) is 5. The highest BCUT2D eigenvalue weighted by atomic mass is 35.5. The summed E-state index contributed by atoms with van der Waals surface area (Å²) in [5, 5.41) is 12.4. The number of carbonyl (C=O) groups excluding carboxylic acids is 1. The Morgan fingerprint density at radius 2 is 1.93 bits per heavy atom. The first-order valence-corrected chi connectivity index (χ1v) is 10.4. The Balaban J connectivity index is 1.49. The van der Waals surface area contributed by atoms with Gasteiger partial charge in [0.25, 0.3) is 0 Å². The minimum Gasteiger partial charge on any atom is -0.355 e. The van der Waals surface area contributed by atoms with Crippen molar-refractivity contribution in [2.75, 3.05) is 18.1 Å². The lowest BCUT2D eigenvalue weighted by Gasteiger charge is -2.07. The maximum absolute atomic E-state index is 12.0. The summed E-state index contributed by atoms with van der Waals surface area (Å²) in [6.07, 6.45) is 1.81. The third-order valence-corrected chi connectivity index (χ3v) is 5.48. The Morgan fingerprint density at radius 1 is 1.14 bits per heavy atom. The van der Waals surface area contributed by atoms with Gasteiger partial charge in [0, 0.05) is 17.1 Å². The summed E-state index contributed by atoms with van der Waals surface area (Å²) in [6.45, 7) is 0.618. The molecular weight excluding hydrogens is 417 g/mol. The number of rotatable bonds is 8. The molecule has 0 aliphatic rings. The van der Waals surface area contributed by atoms with Crippen LogP contribution in [0, 0.1) is 0 Å². The Labute approximate surface area is 177 Å². The zero-order chi connectivity index (χ0) is 19.9. The van der Waals surface area contributed by atoms with E-state index in [0.29, 0.717) is 33.1 Å². The number of hydrogen-bond donors (Lipinski definition) is 2. The molecule has 1 heterocycles. The summed E-state index contributed by atoms with van der Waals surface area (Å²) in [5.74, 6) is 6.57. The first kappa shape index (κ1) is 20.5. The predicted molar refractivity (Wildman–Crippen MR) is 114 cm³/mol. The molecule has 9 heteroatoms. The van der Waals surface area contributed by atoms with Crippen LogP contribution >= 0.6 is 35.0 Å². The highest BCUT2D eigenvalue weighted by molar-refractivity contribution is 7.99. The topological polar surface area (TPSA) is 85.8 Å². The number of carbonyl (C=O) groups is 1. The van der Waals surface area contributed by atoms with Crippen molar-refractivity contribution in [2.45, 2.75) is 18.0 Å². The van der Waals surface area contributed by atoms with E-state index in [1.54, 1.807) is 18.2 Å². The maximum Gasteiger partial charge on any atom is 0.230 e. The van der Waals surface area contributed by atoms with E-state index in [2.05, 4.69) is 27.6 Å². The van der Waals surface area contributed by atoms with Crippen LogP contribution in [0.25, 0.3) is 11.4 Å². The third-order valence-electron chi connectivity index (χ3n) is 3.97. The molecule has 0 radical (unpaired) electrons. The van der Waals surface area contributed by atoms with Crippen LogP contribution < -0.4 is 11.2 Å². The maximum atomic E-state index is 12.0. The van der Waals surface area contributed by atoms with E-state index in [-0.39, 0.29) is 11.7 Å². The van der Waals surface area contributed by atoms with Gasteiger partial charge in [0.05, 0.1) is 10.8 Å². The van der Waals surface area contributed by atoms with Gasteiger partial charge in [-0.2, -0.15) is 0 Å². The highest BCUT2D eigenvalue weighted by Crippen LogP contribution is 2.30. The molecule has 28 heavy (non-hydrogen) atoms. The van der Waals surface area contributed by atoms with Gasteiger partial charge in [-0.05, 0) is 36.6 Å². The van der Waals surface area contributed by atoms with Gasteiger partial charge in [-0.25, -0.2) is 4.68 Å². The van der Waals surface area contributed by atoms with E-state index < -0.39 is 0 Å². The first-order valence-electron chi connectivity index (χ1n) is 8.64. The van der Waals surface area contributed by atoms with Crippen molar-refractivity contribution in [3.05, 3.63) is 64.1 Å². The van der Waals surface area contributed by atoms with Gasteiger partial charge in [-0.3, -0.25) is 4.79 Å². The van der Waals surface area contributed by atoms with Gasteiger partial charge in [0.15, 0.2) is 5.82 Å². The van der Waals surface area contributed by atoms with E-state index in [4.69, 9.17) is 29.0 Å². The fourth-order valence-corrected chi connectivity index (χ4v) is 3.63. The van der Waals surface area contributed by atoms with Crippen LogP contribution in [0.3, 0.4) is 0 Å². The minimum absolute atomic E-state index is 0.0802. The van der Waals surface area contributed by atoms with E-state index >= 15 is 0 Å². The second kappa shape index (κ2) is 9.82. The number of halogens is 2. The fourth-order valence-electron chi connectivity index (χ4n) is 2.57. The molecule has 1 amide bonds. The van der Waals surface area contributed by atoms with Crippen molar-refractivity contribution < 1.29 is 4.79 Å². The zero-order valence-electron chi connectivity index (χ0n) is 14.9. The molecule has 2 aromatic carbocycles. The molecular formula is C19H19Cl2N5OS. The number of aryl methyl sites for hydroxylation is 1. The standard InChI is InChI=1S/C19H19Cl2N5OS/c20-14-8-9-16(21)15(11-14)18-24-25-19(26(18)22)28-12-17(27)23-10-4-7-13-5-2-1-3-6-13/h1-3,5-6,8-9,11H,4,7,10,12,22H2,(H,23,27). The SMILES string of the molecule is Nn1c(SCC(=O)NCCCc2ccccc2)nnc1-c1cc(Cl)ccc1Cl. The molecule has 3 N–H and O–H groups in total. The van der Waals surface area contributed by atoms with Crippen molar-refractivity contribution in [3.8, 4) is 11.4 Å². The van der Waals surface area contributed by atoms with Gasteiger partial charge in [-0.15, -0.1) is 10.2 Å². The number of thioether (sulfide) groups is 1. The Bertz CT molecular complexity index is 949. The van der Waals surface area contributed by atoms with Crippen molar-refractivity contribution in [1.29, 1.82) is 0 Å². The number of benzene rings is 2. The quantitative estimate of drug-likeness (QED) is 0.319. The lowest BCUT2D eigenvalue weighted by Crippen LogP contribution is -2.26. The van der Waals surface area contributed by atoms with Crippen LogP contribution in [0.5, 0.6) is 0 Å². The van der Waals surface area contributed by atoms with E-state index in [9.17, 15) is 4.79 Å². The molecule has 0 saturated carbocycles. The summed E-state index contributed by atoms with van der Waals surface area (Å²) in [4.78, 5) is 12.0. The lowest BCUT2D eigenvalue weighted by molar-refractivity contribution is -0.118. The van der Waals surface area contributed by atoms with Crippen molar-refractivity contribution >= 4 is 40.9 Å². The van der Waals surface area contributed by atoms with Crippen molar-refractivity contribution in [2.24, 2.45) is 0 Å². The predicted octanol–water partition coefficient (Wildman–Crippen LogP) is 3.81. The summed E-state index contributed by atoms with van der Waals surface area (Å²) < 4.78 is 1.31. The first-order chi connectivity index (χ1) is 13.5. The molecule has 0 atom stereocenters. The number of nitrogen functional groups attached to an aromatic ring is 1. The van der Waals surface area contributed by atoms with Gasteiger partial charge in [0.1, 0.15) is 0 Å². The van der Waals surface area contributed by atoms with Crippen molar-refractivity contribution in [1.82, 2.24) is 20.2 Å². The van der Waals surface area contributed by atoms with Crippen LogP contribution in [0.1, 0.15) is 12.0 Å². The number of aromatic nitrogens is 3. The average molecular weight is 436 g/mol. The molecule has 0 aliphatic carbocycles. The van der Waals surface area contributed by atoms with Crippen LogP contribution in [0.4, 0.5) is 0 Å². The largest absolute Gasteiger partial charge is 0.355 e. The Kier molecular flexibility index (Phi) is 7.19. The monoisotopic (exact) mass is 435 g/mol. The Hall–Kier alpha value is -2.22. The molecule has 0 bridgehead atoms. The second-order valence-electron chi connectivity index (χ2n) is 6.03. The summed E-state index contributed by atoms with van der Waals surface area (Å²) in [5.41, 5.74) is 1.84. The number of nitrogens with one attached hydrogen (secondary N) is 1. The number of nitrogens with zero attached hydrogens (tertiary/aromatic N) is 3. The van der Waals surface area contributed by atoms with Gasteiger partial charge >= 0.3 is 0 Å². The lowest BCUT2D eigenvalue weighted by atomic mass is 10.1. The van der Waals surface area contributed by atoms with Crippen LogP contribution in [0.15, 0.2) is 53.7 Å². The zero-order valence-corrected chi connectivity index (χ0v) is 17.3. The summed E-state index contributed by atoms with van der Waals surface area (Å²) >= 11 is 13.4. The number of nitrogens with two attached hydrogens (primary N) is 1. The minimum atomic E-state index is -0.0802. The molecule has 0 spiro atoms. The molecule has 6 nitrogen and oxygen atoms in total. The molecule has 3 rings (SSSR count). The normalized spacial score (nSPS) is 10.8. The van der Waals surface area contributed by atoms with Crippen LogP contribution in [0.2, 0.25) is 10.0 Å².